The van der Waals surface area contributed by atoms with Gasteiger partial charge in [0.05, 0.1) is 0 Å². The number of carbonyl (C=O) groups excluding carboxylic acids is 1. The normalized spacial score (nSPS) is 12.1. The third-order valence-electron chi connectivity index (χ3n) is 2.91. The van der Waals surface area contributed by atoms with Crippen LogP contribution in [-0.2, 0) is 0 Å². The van der Waals surface area contributed by atoms with Gasteiger partial charge in [-0.25, -0.2) is 0 Å². The minimum absolute atomic E-state index is 0.0557. The third-order valence-corrected chi connectivity index (χ3v) is 2.91. The first-order chi connectivity index (χ1) is 8.27. The molecule has 0 fully saturated rings. The van der Waals surface area contributed by atoms with E-state index in [-0.39, 0.29) is 5.91 Å². The summed E-state index contributed by atoms with van der Waals surface area (Å²) in [6, 6.07) is 9.77. The molecule has 0 spiro atoms. The summed E-state index contributed by atoms with van der Waals surface area (Å²) in [5.74, 6) is 0.0557. The number of benzene rings is 1. The number of amides is 1. The highest BCUT2D eigenvalue weighted by Crippen LogP contribution is 2.08. The van der Waals surface area contributed by atoms with E-state index >= 15 is 0 Å². The Balaban J connectivity index is 2.51. The second-order valence-corrected chi connectivity index (χ2v) is 4.47. The van der Waals surface area contributed by atoms with Crippen molar-refractivity contribution in [2.24, 2.45) is 0 Å². The molecule has 0 aliphatic carbocycles. The Morgan fingerprint density at radius 3 is 2.41 bits per heavy atom. The van der Waals surface area contributed by atoms with Crippen molar-refractivity contribution in [3.63, 3.8) is 0 Å². The van der Waals surface area contributed by atoms with Crippen LogP contribution in [0.1, 0.15) is 56.3 Å². The van der Waals surface area contributed by atoms with Gasteiger partial charge in [0, 0.05) is 11.6 Å². The standard InChI is InChI=1S/C15H23NO/c1-3-5-12-14(9-4-2)16-15(17)13-10-7-6-8-11-13/h6-8,10-11,14H,3-5,9,12H2,1-2H3,(H,16,17)/t14-/m0/s1. The van der Waals surface area contributed by atoms with Crippen LogP contribution < -0.4 is 5.32 Å². The van der Waals surface area contributed by atoms with Crippen LogP contribution in [0.4, 0.5) is 0 Å². The first-order valence-electron chi connectivity index (χ1n) is 6.63. The van der Waals surface area contributed by atoms with E-state index in [9.17, 15) is 4.79 Å². The van der Waals surface area contributed by atoms with Gasteiger partial charge in [0.1, 0.15) is 0 Å². The molecule has 0 saturated carbocycles. The lowest BCUT2D eigenvalue weighted by molar-refractivity contribution is 0.0932. The lowest BCUT2D eigenvalue weighted by atomic mass is 10.0. The van der Waals surface area contributed by atoms with Gasteiger partial charge in [-0.2, -0.15) is 0 Å². The maximum Gasteiger partial charge on any atom is 0.251 e. The van der Waals surface area contributed by atoms with E-state index in [0.29, 0.717) is 6.04 Å². The molecule has 1 amide bonds. The molecule has 1 atom stereocenters. The molecule has 2 nitrogen and oxygen atoms in total. The molecule has 0 aromatic heterocycles. The first kappa shape index (κ1) is 13.8. The molecule has 0 unspecified atom stereocenters. The number of hydrogen-bond donors (Lipinski definition) is 1. The number of hydrogen-bond acceptors (Lipinski definition) is 1. The Kier molecular flexibility index (Phi) is 6.38. The monoisotopic (exact) mass is 233 g/mol. The SMILES string of the molecule is CCCC[C@H](CCC)NC(=O)c1ccccc1. The number of nitrogens with one attached hydrogen (secondary N) is 1. The molecular weight excluding hydrogens is 210 g/mol. The molecule has 1 aromatic carbocycles. The molecule has 2 heteroatoms. The van der Waals surface area contributed by atoms with Crippen molar-refractivity contribution in [1.82, 2.24) is 5.32 Å². The topological polar surface area (TPSA) is 29.1 Å². The van der Waals surface area contributed by atoms with E-state index in [4.69, 9.17) is 0 Å². The number of unbranched alkanes of at least 4 members (excludes halogenated alkanes) is 1. The lowest BCUT2D eigenvalue weighted by Crippen LogP contribution is -2.34. The average molecular weight is 233 g/mol. The molecular formula is C15H23NO. The Bertz CT molecular complexity index is 321. The van der Waals surface area contributed by atoms with Gasteiger partial charge in [-0.05, 0) is 25.0 Å². The fraction of sp³-hybridized carbons (Fsp3) is 0.533. The van der Waals surface area contributed by atoms with Gasteiger partial charge in [0.25, 0.3) is 5.91 Å². The second-order valence-electron chi connectivity index (χ2n) is 4.47. The molecule has 0 aliphatic rings. The molecule has 0 radical (unpaired) electrons. The Labute approximate surface area is 104 Å². The first-order valence-corrected chi connectivity index (χ1v) is 6.63. The summed E-state index contributed by atoms with van der Waals surface area (Å²) in [6.07, 6.45) is 5.63. The van der Waals surface area contributed by atoms with Crippen molar-refractivity contribution in [2.75, 3.05) is 0 Å². The quantitative estimate of drug-likeness (QED) is 0.763. The van der Waals surface area contributed by atoms with Crippen LogP contribution in [0.3, 0.4) is 0 Å². The van der Waals surface area contributed by atoms with Crippen LogP contribution >= 0.6 is 0 Å². The zero-order valence-corrected chi connectivity index (χ0v) is 10.9. The molecule has 0 aliphatic heterocycles. The highest BCUT2D eigenvalue weighted by Gasteiger charge is 2.11. The summed E-state index contributed by atoms with van der Waals surface area (Å²) in [7, 11) is 0. The second kappa shape index (κ2) is 7.88. The van der Waals surface area contributed by atoms with Crippen molar-refractivity contribution in [1.29, 1.82) is 0 Å². The molecule has 1 rings (SSSR count). The van der Waals surface area contributed by atoms with Gasteiger partial charge < -0.3 is 5.32 Å². The molecule has 17 heavy (non-hydrogen) atoms. The summed E-state index contributed by atoms with van der Waals surface area (Å²) in [5.41, 5.74) is 0.755. The van der Waals surface area contributed by atoms with Crippen molar-refractivity contribution in [3.8, 4) is 0 Å². The summed E-state index contributed by atoms with van der Waals surface area (Å²) in [6.45, 7) is 4.34. The molecule has 1 N–H and O–H groups in total. The van der Waals surface area contributed by atoms with Crippen LogP contribution in [0.2, 0.25) is 0 Å². The summed E-state index contributed by atoms with van der Waals surface area (Å²) in [5, 5.41) is 3.13. The summed E-state index contributed by atoms with van der Waals surface area (Å²) >= 11 is 0. The minimum Gasteiger partial charge on any atom is -0.349 e. The van der Waals surface area contributed by atoms with Crippen LogP contribution in [0.15, 0.2) is 30.3 Å². The summed E-state index contributed by atoms with van der Waals surface area (Å²) in [4.78, 5) is 12.0. The minimum atomic E-state index is 0.0557. The van der Waals surface area contributed by atoms with Gasteiger partial charge >= 0.3 is 0 Å². The van der Waals surface area contributed by atoms with Crippen LogP contribution in [0.25, 0.3) is 0 Å². The van der Waals surface area contributed by atoms with E-state index in [2.05, 4.69) is 19.2 Å². The smallest absolute Gasteiger partial charge is 0.251 e. The van der Waals surface area contributed by atoms with Crippen molar-refractivity contribution < 1.29 is 4.79 Å². The highest BCUT2D eigenvalue weighted by atomic mass is 16.1. The zero-order valence-electron chi connectivity index (χ0n) is 10.9. The predicted octanol–water partition coefficient (Wildman–Crippen LogP) is 3.78. The summed E-state index contributed by atoms with van der Waals surface area (Å²) < 4.78 is 0. The highest BCUT2D eigenvalue weighted by molar-refractivity contribution is 5.94. The lowest BCUT2D eigenvalue weighted by Gasteiger charge is -2.17. The maximum absolute atomic E-state index is 12.0. The third kappa shape index (κ3) is 5.03. The van der Waals surface area contributed by atoms with E-state index in [1.165, 1.54) is 12.8 Å². The Hall–Kier alpha value is -1.31. The van der Waals surface area contributed by atoms with Crippen molar-refractivity contribution >= 4 is 5.91 Å². The van der Waals surface area contributed by atoms with E-state index in [1.807, 2.05) is 30.3 Å². The van der Waals surface area contributed by atoms with E-state index < -0.39 is 0 Å². The number of carbonyl (C=O) groups is 1. The van der Waals surface area contributed by atoms with Gasteiger partial charge in [-0.15, -0.1) is 0 Å². The van der Waals surface area contributed by atoms with E-state index in [0.717, 1.165) is 24.8 Å². The molecule has 1 aromatic rings. The fourth-order valence-electron chi connectivity index (χ4n) is 1.95. The largest absolute Gasteiger partial charge is 0.349 e. The number of rotatable bonds is 7. The Morgan fingerprint density at radius 1 is 1.12 bits per heavy atom. The van der Waals surface area contributed by atoms with Crippen LogP contribution in [0, 0.1) is 0 Å². The van der Waals surface area contributed by atoms with E-state index in [1.54, 1.807) is 0 Å². The molecule has 94 valence electrons. The molecule has 0 bridgehead atoms. The van der Waals surface area contributed by atoms with Gasteiger partial charge in [-0.3, -0.25) is 4.79 Å². The zero-order chi connectivity index (χ0) is 12.5. The van der Waals surface area contributed by atoms with Crippen LogP contribution in [0.5, 0.6) is 0 Å². The predicted molar refractivity (Wildman–Crippen MR) is 72.1 cm³/mol. The van der Waals surface area contributed by atoms with Crippen molar-refractivity contribution in [2.45, 2.75) is 52.0 Å². The molecule has 0 heterocycles. The van der Waals surface area contributed by atoms with Gasteiger partial charge in [-0.1, -0.05) is 51.3 Å². The molecule has 0 saturated heterocycles. The Morgan fingerprint density at radius 2 is 1.82 bits per heavy atom. The average Bonchev–Trinajstić information content (AvgIpc) is 2.37. The van der Waals surface area contributed by atoms with Crippen molar-refractivity contribution in [3.05, 3.63) is 35.9 Å². The van der Waals surface area contributed by atoms with Crippen LogP contribution in [-0.4, -0.2) is 11.9 Å². The van der Waals surface area contributed by atoms with Gasteiger partial charge in [0.15, 0.2) is 0 Å². The fourth-order valence-corrected chi connectivity index (χ4v) is 1.95. The maximum atomic E-state index is 12.0. The van der Waals surface area contributed by atoms with Gasteiger partial charge in [0.2, 0.25) is 0 Å².